The zero-order chi connectivity index (χ0) is 19.2. The van der Waals surface area contributed by atoms with Crippen molar-refractivity contribution in [3.05, 3.63) is 35.5 Å². The average Bonchev–Trinajstić information content (AvgIpc) is 2.59. The highest BCUT2D eigenvalue weighted by Gasteiger charge is 2.42. The molecule has 1 saturated heterocycles. The zero-order valence-corrected chi connectivity index (χ0v) is 16.5. The minimum absolute atomic E-state index is 0.00510. The quantitative estimate of drug-likeness (QED) is 0.636. The van der Waals surface area contributed by atoms with Gasteiger partial charge in [0.2, 0.25) is 0 Å². The Morgan fingerprint density at radius 2 is 1.88 bits per heavy atom. The SMILES string of the molecule is C/C1=C(\C=O)CCC(=O)CC/C=C/C=C/[C@]2(C)COC(C)(C)OC2CC1. The average molecular weight is 360 g/mol. The molecule has 144 valence electrons. The smallest absolute Gasteiger partial charge is 0.163 e. The molecule has 4 heteroatoms. The Labute approximate surface area is 157 Å². The summed E-state index contributed by atoms with van der Waals surface area (Å²) in [7, 11) is 0. The lowest BCUT2D eigenvalue weighted by atomic mass is 9.80. The van der Waals surface area contributed by atoms with Crippen molar-refractivity contribution in [3.63, 3.8) is 0 Å². The fourth-order valence-electron chi connectivity index (χ4n) is 3.45. The van der Waals surface area contributed by atoms with Crippen molar-refractivity contribution >= 4 is 12.1 Å². The molecule has 1 heterocycles. The van der Waals surface area contributed by atoms with Gasteiger partial charge >= 0.3 is 0 Å². The van der Waals surface area contributed by atoms with Gasteiger partial charge in [-0.3, -0.25) is 9.59 Å². The number of ketones is 1. The third kappa shape index (κ3) is 5.75. The van der Waals surface area contributed by atoms with Crippen LogP contribution in [-0.4, -0.2) is 30.6 Å². The summed E-state index contributed by atoms with van der Waals surface area (Å²) in [6, 6.07) is 0. The maximum atomic E-state index is 12.0. The molecule has 0 N–H and O–H groups in total. The van der Waals surface area contributed by atoms with E-state index in [1.807, 2.05) is 39.0 Å². The summed E-state index contributed by atoms with van der Waals surface area (Å²) in [5.41, 5.74) is 1.59. The molecule has 2 atom stereocenters. The number of hydrogen-bond acceptors (Lipinski definition) is 4. The van der Waals surface area contributed by atoms with Gasteiger partial charge in [-0.2, -0.15) is 0 Å². The maximum absolute atomic E-state index is 12.0. The lowest BCUT2D eigenvalue weighted by Gasteiger charge is -2.46. The van der Waals surface area contributed by atoms with Crippen LogP contribution in [0.2, 0.25) is 0 Å². The van der Waals surface area contributed by atoms with E-state index in [1.165, 1.54) is 0 Å². The van der Waals surface area contributed by atoms with Crippen molar-refractivity contribution in [2.75, 3.05) is 6.61 Å². The van der Waals surface area contributed by atoms with Gasteiger partial charge in [-0.15, -0.1) is 0 Å². The molecule has 1 fully saturated rings. The highest BCUT2D eigenvalue weighted by molar-refractivity contribution is 5.81. The Morgan fingerprint density at radius 1 is 1.12 bits per heavy atom. The Hall–Kier alpha value is -1.52. The molecular weight excluding hydrogens is 328 g/mol. The van der Waals surface area contributed by atoms with E-state index in [-0.39, 0.29) is 17.3 Å². The molecule has 0 aromatic rings. The van der Waals surface area contributed by atoms with Crippen LogP contribution in [-0.2, 0) is 19.1 Å². The van der Waals surface area contributed by atoms with Gasteiger partial charge in [0, 0.05) is 18.3 Å². The predicted molar refractivity (Wildman–Crippen MR) is 103 cm³/mol. The third-order valence-corrected chi connectivity index (χ3v) is 5.35. The van der Waals surface area contributed by atoms with Crippen LogP contribution >= 0.6 is 0 Å². The summed E-state index contributed by atoms with van der Waals surface area (Å²) >= 11 is 0. The summed E-state index contributed by atoms with van der Waals surface area (Å²) in [5.74, 6) is -0.395. The summed E-state index contributed by atoms with van der Waals surface area (Å²) in [6.45, 7) is 8.62. The van der Waals surface area contributed by atoms with E-state index in [0.29, 0.717) is 25.9 Å². The largest absolute Gasteiger partial charge is 0.350 e. The van der Waals surface area contributed by atoms with E-state index in [1.54, 1.807) is 0 Å². The number of allylic oxidation sites excluding steroid dienone is 5. The van der Waals surface area contributed by atoms with Gasteiger partial charge in [-0.05, 0) is 52.0 Å². The standard InChI is InChI=1S/C22H32O4/c1-17-10-13-20-22(4,16-25-21(2,3)26-20)14-8-6-5-7-9-19(24)12-11-18(17)15-23/h5-6,8,14-15,20H,7,9-13,16H2,1-4H3/b6-5+,14-8+,18-17+/t20?,22-/m1/s1. The number of fused-ring (bicyclic) bond motifs is 1. The van der Waals surface area contributed by atoms with E-state index in [0.717, 1.165) is 36.7 Å². The lowest BCUT2D eigenvalue weighted by molar-refractivity contribution is -0.307. The van der Waals surface area contributed by atoms with Crippen LogP contribution in [0.4, 0.5) is 0 Å². The van der Waals surface area contributed by atoms with E-state index in [2.05, 4.69) is 13.0 Å². The molecular formula is C22H32O4. The molecule has 0 amide bonds. The van der Waals surface area contributed by atoms with Crippen LogP contribution < -0.4 is 0 Å². The van der Waals surface area contributed by atoms with Gasteiger partial charge in [0.25, 0.3) is 0 Å². The molecule has 2 aliphatic rings. The second-order valence-corrected chi connectivity index (χ2v) is 8.13. The van der Waals surface area contributed by atoms with Gasteiger partial charge in [0.1, 0.15) is 12.1 Å². The van der Waals surface area contributed by atoms with Crippen LogP contribution in [0.25, 0.3) is 0 Å². The normalized spacial score (nSPS) is 36.3. The Kier molecular flexibility index (Phi) is 7.13. The Morgan fingerprint density at radius 3 is 2.62 bits per heavy atom. The van der Waals surface area contributed by atoms with E-state index in [4.69, 9.17) is 9.47 Å². The van der Waals surface area contributed by atoms with E-state index >= 15 is 0 Å². The third-order valence-electron chi connectivity index (χ3n) is 5.35. The van der Waals surface area contributed by atoms with Crippen molar-refractivity contribution in [1.29, 1.82) is 0 Å². The first-order chi connectivity index (χ1) is 12.3. The van der Waals surface area contributed by atoms with Crippen molar-refractivity contribution in [2.45, 2.75) is 78.1 Å². The number of carbonyl (C=O) groups excluding carboxylic acids is 2. The second-order valence-electron chi connectivity index (χ2n) is 8.13. The van der Waals surface area contributed by atoms with Crippen molar-refractivity contribution < 1.29 is 19.1 Å². The fraction of sp³-hybridized carbons (Fsp3) is 0.636. The summed E-state index contributed by atoms with van der Waals surface area (Å²) in [6.07, 6.45) is 12.9. The summed E-state index contributed by atoms with van der Waals surface area (Å²) < 4.78 is 12.1. The van der Waals surface area contributed by atoms with Gasteiger partial charge in [0.15, 0.2) is 5.79 Å². The van der Waals surface area contributed by atoms with Crippen LogP contribution in [0.5, 0.6) is 0 Å². The van der Waals surface area contributed by atoms with Crippen molar-refractivity contribution in [3.8, 4) is 0 Å². The van der Waals surface area contributed by atoms with Crippen LogP contribution in [0.15, 0.2) is 35.5 Å². The fourth-order valence-corrected chi connectivity index (χ4v) is 3.45. The van der Waals surface area contributed by atoms with Gasteiger partial charge in [-0.1, -0.05) is 36.8 Å². The van der Waals surface area contributed by atoms with Gasteiger partial charge in [0.05, 0.1) is 12.7 Å². The van der Waals surface area contributed by atoms with Crippen LogP contribution in [0.3, 0.4) is 0 Å². The molecule has 0 radical (unpaired) electrons. The molecule has 0 spiro atoms. The zero-order valence-electron chi connectivity index (χ0n) is 16.5. The number of aldehydes is 1. The number of hydrogen-bond donors (Lipinski definition) is 0. The number of ether oxygens (including phenoxy) is 2. The molecule has 0 bridgehead atoms. The predicted octanol–water partition coefficient (Wildman–Crippen LogP) is 4.70. The van der Waals surface area contributed by atoms with Gasteiger partial charge in [-0.25, -0.2) is 0 Å². The Bertz CT molecular complexity index is 612. The molecule has 4 nitrogen and oxygen atoms in total. The molecule has 0 saturated carbocycles. The highest BCUT2D eigenvalue weighted by Crippen LogP contribution is 2.39. The maximum Gasteiger partial charge on any atom is 0.163 e. The molecule has 26 heavy (non-hydrogen) atoms. The topological polar surface area (TPSA) is 52.6 Å². The van der Waals surface area contributed by atoms with E-state index in [9.17, 15) is 9.59 Å². The number of Topliss-reactive ketones (excluding diaryl/α,β-unsaturated/α-hetero) is 1. The second kappa shape index (κ2) is 8.92. The van der Waals surface area contributed by atoms with Crippen molar-refractivity contribution in [1.82, 2.24) is 0 Å². The first-order valence-corrected chi connectivity index (χ1v) is 9.57. The highest BCUT2D eigenvalue weighted by atomic mass is 16.7. The Balaban J connectivity index is 2.27. The van der Waals surface area contributed by atoms with Crippen LogP contribution in [0.1, 0.15) is 66.2 Å². The first kappa shape index (κ1) is 20.8. The van der Waals surface area contributed by atoms with Gasteiger partial charge < -0.3 is 9.47 Å². The molecule has 2 rings (SSSR count). The minimum Gasteiger partial charge on any atom is -0.350 e. The van der Waals surface area contributed by atoms with Crippen LogP contribution in [0, 0.1) is 5.41 Å². The molecule has 0 aromatic carbocycles. The molecule has 1 aliphatic carbocycles. The monoisotopic (exact) mass is 360 g/mol. The minimum atomic E-state index is -0.603. The lowest BCUT2D eigenvalue weighted by Crippen LogP contribution is -2.50. The molecule has 0 aromatic heterocycles. The number of rotatable bonds is 1. The molecule has 1 unspecified atom stereocenters. The summed E-state index contributed by atoms with van der Waals surface area (Å²) in [4.78, 5) is 23.5. The first-order valence-electron chi connectivity index (χ1n) is 9.57. The molecule has 1 aliphatic heterocycles. The van der Waals surface area contributed by atoms with E-state index < -0.39 is 5.79 Å². The van der Waals surface area contributed by atoms with Crippen molar-refractivity contribution in [2.24, 2.45) is 5.41 Å². The number of carbonyl (C=O) groups is 2. The summed E-state index contributed by atoms with van der Waals surface area (Å²) in [5, 5.41) is 0.